The maximum atomic E-state index is 9.36. The van der Waals surface area contributed by atoms with Crippen molar-refractivity contribution in [2.45, 2.75) is 32.0 Å². The zero-order chi connectivity index (χ0) is 8.44. The maximum absolute atomic E-state index is 9.36. The van der Waals surface area contributed by atoms with E-state index in [1.807, 2.05) is 0 Å². The van der Waals surface area contributed by atoms with Gasteiger partial charge in [-0.3, -0.25) is 0 Å². The largest absolute Gasteiger partial charge is 0.381 e. The monoisotopic (exact) mass is 172 g/mol. The topological polar surface area (TPSA) is 38.7 Å². The molecule has 70 valence electrons. The van der Waals surface area contributed by atoms with Crippen molar-refractivity contribution in [3.8, 4) is 0 Å². The van der Waals surface area contributed by atoms with E-state index < -0.39 is 6.29 Å². The maximum Gasteiger partial charge on any atom is 0.155 e. The summed E-state index contributed by atoms with van der Waals surface area (Å²) in [5.41, 5.74) is 0.329. The normalized spacial score (nSPS) is 35.2. The molecule has 2 aliphatic rings. The Morgan fingerprint density at radius 2 is 1.75 bits per heavy atom. The van der Waals surface area contributed by atoms with E-state index in [1.165, 1.54) is 0 Å². The lowest BCUT2D eigenvalue weighted by Gasteiger charge is -2.41. The second kappa shape index (κ2) is 3.32. The highest BCUT2D eigenvalue weighted by atomic mass is 16.6. The van der Waals surface area contributed by atoms with Gasteiger partial charge >= 0.3 is 0 Å². The first-order valence-electron chi connectivity index (χ1n) is 4.68. The van der Waals surface area contributed by atoms with Crippen LogP contribution in [0.3, 0.4) is 0 Å². The molecule has 1 atom stereocenters. The molecule has 0 amide bonds. The van der Waals surface area contributed by atoms with E-state index in [9.17, 15) is 5.11 Å². The van der Waals surface area contributed by atoms with Crippen LogP contribution in [0.1, 0.15) is 25.7 Å². The van der Waals surface area contributed by atoms with Crippen LogP contribution in [0.25, 0.3) is 0 Å². The van der Waals surface area contributed by atoms with Crippen LogP contribution in [0.5, 0.6) is 0 Å². The van der Waals surface area contributed by atoms with Gasteiger partial charge in [0.25, 0.3) is 0 Å². The third-order valence-corrected chi connectivity index (χ3v) is 3.10. The molecular weight excluding hydrogens is 156 g/mol. The Bertz CT molecular complexity index is 146. The van der Waals surface area contributed by atoms with E-state index in [0.29, 0.717) is 12.0 Å². The summed E-state index contributed by atoms with van der Waals surface area (Å²) >= 11 is 0. The zero-order valence-corrected chi connectivity index (χ0v) is 7.29. The van der Waals surface area contributed by atoms with Crippen LogP contribution in [0.2, 0.25) is 0 Å². The lowest BCUT2D eigenvalue weighted by molar-refractivity contribution is -0.176. The minimum Gasteiger partial charge on any atom is -0.381 e. The number of hydrogen-bond acceptors (Lipinski definition) is 3. The van der Waals surface area contributed by atoms with E-state index >= 15 is 0 Å². The molecule has 0 aromatic heterocycles. The van der Waals surface area contributed by atoms with Crippen molar-refractivity contribution < 1.29 is 14.6 Å². The summed E-state index contributed by atoms with van der Waals surface area (Å²) in [6, 6.07) is 0. The predicted molar refractivity (Wildman–Crippen MR) is 43.7 cm³/mol. The second-order valence-corrected chi connectivity index (χ2v) is 3.89. The van der Waals surface area contributed by atoms with Crippen molar-refractivity contribution in [3.63, 3.8) is 0 Å². The molecule has 2 aliphatic heterocycles. The highest BCUT2D eigenvalue weighted by molar-refractivity contribution is 4.84. The van der Waals surface area contributed by atoms with Crippen LogP contribution in [0, 0.1) is 5.41 Å². The van der Waals surface area contributed by atoms with Gasteiger partial charge in [0, 0.05) is 19.6 Å². The van der Waals surface area contributed by atoms with Gasteiger partial charge in [-0.2, -0.15) is 0 Å². The first-order valence-corrected chi connectivity index (χ1v) is 4.68. The molecule has 0 aromatic carbocycles. The summed E-state index contributed by atoms with van der Waals surface area (Å²) < 4.78 is 10.4. The smallest absolute Gasteiger partial charge is 0.155 e. The molecular formula is C9H16O3. The van der Waals surface area contributed by atoms with Crippen LogP contribution in [-0.4, -0.2) is 31.2 Å². The summed E-state index contributed by atoms with van der Waals surface area (Å²) in [6.07, 6.45) is 3.54. The van der Waals surface area contributed by atoms with Gasteiger partial charge in [0.2, 0.25) is 0 Å². The highest BCUT2D eigenvalue weighted by Gasteiger charge is 2.37. The van der Waals surface area contributed by atoms with Crippen molar-refractivity contribution in [2.75, 3.05) is 19.8 Å². The van der Waals surface area contributed by atoms with Crippen molar-refractivity contribution in [1.82, 2.24) is 0 Å². The van der Waals surface area contributed by atoms with Crippen molar-refractivity contribution in [3.05, 3.63) is 0 Å². The van der Waals surface area contributed by atoms with Gasteiger partial charge in [-0.25, -0.2) is 0 Å². The highest BCUT2D eigenvalue weighted by Crippen LogP contribution is 2.41. The molecule has 3 heteroatoms. The van der Waals surface area contributed by atoms with Gasteiger partial charge in [-0.1, -0.05) is 0 Å². The molecule has 1 N–H and O–H groups in total. The molecule has 12 heavy (non-hydrogen) atoms. The Balaban J connectivity index is 1.97. The first kappa shape index (κ1) is 8.48. The molecule has 2 saturated heterocycles. The Morgan fingerprint density at radius 1 is 1.08 bits per heavy atom. The van der Waals surface area contributed by atoms with Crippen LogP contribution in [0.15, 0.2) is 0 Å². The van der Waals surface area contributed by atoms with E-state index in [0.717, 1.165) is 38.9 Å². The fourth-order valence-electron chi connectivity index (χ4n) is 2.20. The average Bonchev–Trinajstić information content (AvgIpc) is 2.05. The van der Waals surface area contributed by atoms with Crippen molar-refractivity contribution >= 4 is 0 Å². The summed E-state index contributed by atoms with van der Waals surface area (Å²) in [4.78, 5) is 0. The molecule has 0 aliphatic carbocycles. The molecule has 3 nitrogen and oxygen atoms in total. The van der Waals surface area contributed by atoms with E-state index in [2.05, 4.69) is 0 Å². The standard InChI is InChI=1S/C9H16O3/c10-8-7-9(3-6-12-8)1-4-11-5-2-9/h8,10H,1-7H2. The Labute approximate surface area is 72.7 Å². The van der Waals surface area contributed by atoms with Gasteiger partial charge in [-0.05, 0) is 24.7 Å². The van der Waals surface area contributed by atoms with Crippen molar-refractivity contribution in [1.29, 1.82) is 0 Å². The number of hydrogen-bond donors (Lipinski definition) is 1. The predicted octanol–water partition coefficient (Wildman–Crippen LogP) is 0.912. The molecule has 1 unspecified atom stereocenters. The molecule has 2 heterocycles. The fraction of sp³-hybridized carbons (Fsp3) is 1.00. The minimum absolute atomic E-state index is 0.329. The average molecular weight is 172 g/mol. The SMILES string of the molecule is OC1CC2(CCOCC2)CCO1. The quantitative estimate of drug-likeness (QED) is 0.590. The summed E-state index contributed by atoms with van der Waals surface area (Å²) in [7, 11) is 0. The van der Waals surface area contributed by atoms with Crippen molar-refractivity contribution in [2.24, 2.45) is 5.41 Å². The van der Waals surface area contributed by atoms with Gasteiger partial charge in [0.05, 0.1) is 6.61 Å². The fourth-order valence-corrected chi connectivity index (χ4v) is 2.20. The molecule has 2 fully saturated rings. The van der Waals surface area contributed by atoms with Crippen LogP contribution < -0.4 is 0 Å². The molecule has 1 spiro atoms. The van der Waals surface area contributed by atoms with Gasteiger partial charge in [0.15, 0.2) is 6.29 Å². The minimum atomic E-state index is -0.531. The summed E-state index contributed by atoms with van der Waals surface area (Å²) in [5.74, 6) is 0. The van der Waals surface area contributed by atoms with E-state index in [4.69, 9.17) is 9.47 Å². The first-order chi connectivity index (χ1) is 5.81. The molecule has 2 rings (SSSR count). The number of rotatable bonds is 0. The van der Waals surface area contributed by atoms with Gasteiger partial charge in [0.1, 0.15) is 0 Å². The van der Waals surface area contributed by atoms with Crippen LogP contribution in [-0.2, 0) is 9.47 Å². The van der Waals surface area contributed by atoms with Gasteiger partial charge in [-0.15, -0.1) is 0 Å². The van der Waals surface area contributed by atoms with E-state index in [1.54, 1.807) is 0 Å². The summed E-state index contributed by atoms with van der Waals surface area (Å²) in [5, 5.41) is 9.36. The Hall–Kier alpha value is -0.120. The number of aliphatic hydroxyl groups is 1. The molecule has 0 radical (unpaired) electrons. The van der Waals surface area contributed by atoms with E-state index in [-0.39, 0.29) is 0 Å². The third-order valence-electron chi connectivity index (χ3n) is 3.10. The number of ether oxygens (including phenoxy) is 2. The third kappa shape index (κ3) is 1.63. The lowest BCUT2D eigenvalue weighted by Crippen LogP contribution is -2.39. The molecule has 0 aromatic rings. The lowest BCUT2D eigenvalue weighted by atomic mass is 9.73. The van der Waals surface area contributed by atoms with Gasteiger partial charge < -0.3 is 14.6 Å². The number of aliphatic hydroxyl groups excluding tert-OH is 1. The molecule has 0 bridgehead atoms. The zero-order valence-electron chi connectivity index (χ0n) is 7.29. The Kier molecular flexibility index (Phi) is 2.35. The summed E-state index contributed by atoms with van der Waals surface area (Å²) in [6.45, 7) is 2.42. The van der Waals surface area contributed by atoms with Crippen LogP contribution >= 0.6 is 0 Å². The van der Waals surface area contributed by atoms with Crippen LogP contribution in [0.4, 0.5) is 0 Å². The Morgan fingerprint density at radius 3 is 2.42 bits per heavy atom. The second-order valence-electron chi connectivity index (χ2n) is 3.89. The molecule has 0 saturated carbocycles.